The molecule has 0 aliphatic carbocycles. The van der Waals surface area contributed by atoms with E-state index in [1.807, 2.05) is 0 Å². The molecule has 1 fully saturated rings. The fourth-order valence-corrected chi connectivity index (χ4v) is 4.04. The highest BCUT2D eigenvalue weighted by atomic mass is 32.1. The van der Waals surface area contributed by atoms with Crippen LogP contribution >= 0.6 is 12.6 Å². The Balaban J connectivity index is 1.66. The van der Waals surface area contributed by atoms with Gasteiger partial charge in [0.05, 0.1) is 16.7 Å². The summed E-state index contributed by atoms with van der Waals surface area (Å²) in [5, 5.41) is 10.7. The van der Waals surface area contributed by atoms with Gasteiger partial charge in [0.25, 0.3) is 0 Å². The van der Waals surface area contributed by atoms with Crippen LogP contribution in [-0.4, -0.2) is 59.5 Å². The average molecular weight is 509 g/mol. The molecule has 3 aromatic rings. The Morgan fingerprint density at radius 1 is 0.639 bits per heavy atom. The molecular formula is C27H24O8S. The highest BCUT2D eigenvalue weighted by Gasteiger charge is 2.51. The summed E-state index contributed by atoms with van der Waals surface area (Å²) < 4.78 is 22.5. The van der Waals surface area contributed by atoms with Crippen LogP contribution in [0.2, 0.25) is 0 Å². The average Bonchev–Trinajstić information content (AvgIpc) is 2.93. The molecule has 1 N–H and O–H groups in total. The molecule has 0 saturated carbocycles. The van der Waals surface area contributed by atoms with Gasteiger partial charge in [-0.1, -0.05) is 54.6 Å². The first-order valence-electron chi connectivity index (χ1n) is 11.2. The number of benzene rings is 3. The molecule has 0 amide bonds. The van der Waals surface area contributed by atoms with Crippen LogP contribution in [0.1, 0.15) is 31.1 Å². The number of esters is 3. The van der Waals surface area contributed by atoms with Crippen LogP contribution in [0.3, 0.4) is 0 Å². The number of carbonyl (C=O) groups is 3. The maximum Gasteiger partial charge on any atom is 0.338 e. The first kappa shape index (κ1) is 25.4. The second-order valence-corrected chi connectivity index (χ2v) is 8.32. The summed E-state index contributed by atoms with van der Waals surface area (Å²) in [7, 11) is 0. The van der Waals surface area contributed by atoms with E-state index in [1.54, 1.807) is 78.9 Å². The van der Waals surface area contributed by atoms with Gasteiger partial charge in [0.15, 0.2) is 24.6 Å². The molecule has 1 aliphatic heterocycles. The molecule has 8 nitrogen and oxygen atoms in total. The molecule has 5 atom stereocenters. The van der Waals surface area contributed by atoms with Gasteiger partial charge in [0, 0.05) is 5.75 Å². The summed E-state index contributed by atoms with van der Waals surface area (Å²) in [5.41, 5.74) is 0.696. The summed E-state index contributed by atoms with van der Waals surface area (Å²) in [4.78, 5) is 38.7. The van der Waals surface area contributed by atoms with Crippen LogP contribution in [0.5, 0.6) is 0 Å². The summed E-state index contributed by atoms with van der Waals surface area (Å²) in [6.45, 7) is 0. The summed E-state index contributed by atoms with van der Waals surface area (Å²) in [6.07, 6.45) is -6.75. The second kappa shape index (κ2) is 11.9. The molecule has 1 heterocycles. The van der Waals surface area contributed by atoms with Gasteiger partial charge in [0.2, 0.25) is 0 Å². The summed E-state index contributed by atoms with van der Waals surface area (Å²) >= 11 is 4.26. The number of ether oxygens (including phenoxy) is 4. The van der Waals surface area contributed by atoms with Crippen molar-refractivity contribution in [3.8, 4) is 0 Å². The Labute approximate surface area is 213 Å². The van der Waals surface area contributed by atoms with Crippen LogP contribution in [-0.2, 0) is 18.9 Å². The molecule has 1 saturated heterocycles. The predicted octanol–water partition coefficient (Wildman–Crippen LogP) is 3.31. The van der Waals surface area contributed by atoms with Crippen molar-refractivity contribution in [1.82, 2.24) is 0 Å². The fourth-order valence-electron chi connectivity index (χ4n) is 3.74. The van der Waals surface area contributed by atoms with Crippen LogP contribution in [0, 0.1) is 0 Å². The van der Waals surface area contributed by atoms with Gasteiger partial charge in [-0.25, -0.2) is 14.4 Å². The topological polar surface area (TPSA) is 108 Å². The van der Waals surface area contributed by atoms with Crippen molar-refractivity contribution < 1.29 is 38.4 Å². The number of rotatable bonds is 7. The SMILES string of the molecule is O=C(O[C@@H]1[C@@H](OC(=O)c2ccccc2)[C@@H](O)O[C@H](CS)[C@H]1OC(=O)c1ccccc1)c1ccccc1. The van der Waals surface area contributed by atoms with Gasteiger partial charge >= 0.3 is 17.9 Å². The maximum atomic E-state index is 13.0. The van der Waals surface area contributed by atoms with Crippen molar-refractivity contribution in [2.45, 2.75) is 30.7 Å². The number of hydrogen-bond donors (Lipinski definition) is 2. The van der Waals surface area contributed by atoms with Crippen molar-refractivity contribution in [3.63, 3.8) is 0 Å². The lowest BCUT2D eigenvalue weighted by atomic mass is 9.98. The van der Waals surface area contributed by atoms with Gasteiger partial charge in [0.1, 0.15) is 6.10 Å². The zero-order valence-electron chi connectivity index (χ0n) is 19.0. The van der Waals surface area contributed by atoms with Crippen molar-refractivity contribution in [1.29, 1.82) is 0 Å². The van der Waals surface area contributed by atoms with Crippen LogP contribution in [0.15, 0.2) is 91.0 Å². The first-order chi connectivity index (χ1) is 17.5. The third-order valence-corrected chi connectivity index (χ3v) is 5.91. The van der Waals surface area contributed by atoms with Crippen molar-refractivity contribution in [2.24, 2.45) is 0 Å². The fraction of sp³-hybridized carbons (Fsp3) is 0.222. The number of thiol groups is 1. The molecular weight excluding hydrogens is 484 g/mol. The molecule has 0 spiro atoms. The minimum absolute atomic E-state index is 0.0164. The summed E-state index contributed by atoms with van der Waals surface area (Å²) in [6, 6.07) is 24.5. The highest BCUT2D eigenvalue weighted by molar-refractivity contribution is 7.80. The zero-order valence-corrected chi connectivity index (χ0v) is 19.9. The lowest BCUT2D eigenvalue weighted by Gasteiger charge is -2.42. The quantitative estimate of drug-likeness (QED) is 0.284. The van der Waals surface area contributed by atoms with E-state index in [-0.39, 0.29) is 22.4 Å². The largest absolute Gasteiger partial charge is 0.452 e. The molecule has 36 heavy (non-hydrogen) atoms. The minimum atomic E-state index is -1.67. The number of hydrogen-bond acceptors (Lipinski definition) is 9. The Hall–Kier alpha value is -3.66. The molecule has 0 radical (unpaired) electrons. The first-order valence-corrected chi connectivity index (χ1v) is 11.8. The number of carbonyl (C=O) groups excluding carboxylic acids is 3. The number of aliphatic hydroxyl groups excluding tert-OH is 1. The standard InChI is InChI=1S/C27H24O8S/c28-24(17-10-4-1-5-11-17)33-21-20(16-36)32-27(31)23(35-26(30)19-14-8-3-9-15-19)22(21)34-25(29)18-12-6-2-7-13-18/h1-15,20-23,27,31,36H,16H2/t20-,21-,22+,23-,27+/m1/s1. The Morgan fingerprint density at radius 2 is 1.00 bits per heavy atom. The smallest absolute Gasteiger partial charge is 0.338 e. The van der Waals surface area contributed by atoms with E-state index in [0.717, 1.165) is 0 Å². The molecule has 1 aliphatic rings. The van der Waals surface area contributed by atoms with Crippen LogP contribution in [0.4, 0.5) is 0 Å². The summed E-state index contributed by atoms with van der Waals surface area (Å²) in [5.74, 6) is -2.22. The third kappa shape index (κ3) is 5.93. The minimum Gasteiger partial charge on any atom is -0.452 e. The van der Waals surface area contributed by atoms with E-state index in [1.165, 1.54) is 12.1 Å². The number of aliphatic hydroxyl groups is 1. The second-order valence-electron chi connectivity index (χ2n) is 7.96. The van der Waals surface area contributed by atoms with Crippen LogP contribution < -0.4 is 0 Å². The molecule has 3 aromatic carbocycles. The van der Waals surface area contributed by atoms with Crippen molar-refractivity contribution in [2.75, 3.05) is 5.75 Å². The van der Waals surface area contributed by atoms with E-state index in [0.29, 0.717) is 0 Å². The Bertz CT molecular complexity index is 1170. The van der Waals surface area contributed by atoms with Gasteiger partial charge in [-0.05, 0) is 36.4 Å². The van der Waals surface area contributed by atoms with E-state index >= 15 is 0 Å². The van der Waals surface area contributed by atoms with Gasteiger partial charge in [-0.15, -0.1) is 0 Å². The Morgan fingerprint density at radius 3 is 1.39 bits per heavy atom. The third-order valence-electron chi connectivity index (χ3n) is 5.55. The molecule has 0 aromatic heterocycles. The monoisotopic (exact) mass is 508 g/mol. The molecule has 0 unspecified atom stereocenters. The Kier molecular flexibility index (Phi) is 8.37. The van der Waals surface area contributed by atoms with Crippen LogP contribution in [0.25, 0.3) is 0 Å². The van der Waals surface area contributed by atoms with E-state index in [9.17, 15) is 19.5 Å². The van der Waals surface area contributed by atoms with Gasteiger partial charge < -0.3 is 24.1 Å². The van der Waals surface area contributed by atoms with E-state index in [2.05, 4.69) is 12.6 Å². The molecule has 0 bridgehead atoms. The predicted molar refractivity (Wildman–Crippen MR) is 132 cm³/mol. The normalized spacial score (nSPS) is 23.3. The molecule has 4 rings (SSSR count). The zero-order chi connectivity index (χ0) is 25.5. The van der Waals surface area contributed by atoms with Crippen molar-refractivity contribution >= 4 is 30.5 Å². The maximum absolute atomic E-state index is 13.0. The van der Waals surface area contributed by atoms with Gasteiger partial charge in [-0.3, -0.25) is 0 Å². The molecule has 186 valence electrons. The van der Waals surface area contributed by atoms with Crippen molar-refractivity contribution in [3.05, 3.63) is 108 Å². The van der Waals surface area contributed by atoms with E-state index < -0.39 is 48.6 Å². The van der Waals surface area contributed by atoms with E-state index in [4.69, 9.17) is 18.9 Å². The van der Waals surface area contributed by atoms with Gasteiger partial charge in [-0.2, -0.15) is 12.6 Å². The molecule has 9 heteroatoms. The lowest BCUT2D eigenvalue weighted by Crippen LogP contribution is -2.62. The highest BCUT2D eigenvalue weighted by Crippen LogP contribution is 2.30. The lowest BCUT2D eigenvalue weighted by molar-refractivity contribution is -0.274.